The van der Waals surface area contributed by atoms with Gasteiger partial charge < -0.3 is 0 Å². The minimum Gasteiger partial charge on any atom is -0.222 e. The molecule has 0 aliphatic rings. The summed E-state index contributed by atoms with van der Waals surface area (Å²) in [5, 5.41) is 0. The van der Waals surface area contributed by atoms with Gasteiger partial charge in [0.05, 0.1) is 0 Å². The third-order valence-electron chi connectivity index (χ3n) is 0. The molecule has 0 aromatic rings. The molecule has 14 heavy (non-hydrogen) atoms. The Kier molecular flexibility index (Phi) is 9.14. The largest absolute Gasteiger partial charge is 1.00 e. The third-order valence-corrected chi connectivity index (χ3v) is 0. The molecular weight excluding hydrogens is 302 g/mol. The molecule has 0 N–H and O–H groups in total. The van der Waals surface area contributed by atoms with Crippen LogP contribution in [0.2, 0.25) is 0 Å². The van der Waals surface area contributed by atoms with E-state index in [-0.39, 0.29) is 37.7 Å². The van der Waals surface area contributed by atoms with Gasteiger partial charge in [-0.1, -0.05) is 0 Å². The second-order valence-electron chi connectivity index (χ2n) is 1.34. The van der Waals surface area contributed by atoms with Gasteiger partial charge in [0, 0.05) is 0 Å². The molecule has 0 aliphatic heterocycles. The molecule has 0 aromatic carbocycles. The monoisotopic (exact) mass is 302 g/mol. The van der Waals surface area contributed by atoms with Crippen LogP contribution >= 0.6 is 0 Å². The smallest absolute Gasteiger partial charge is 0.222 e. The Morgan fingerprint density at radius 3 is 0.643 bits per heavy atom. The standard InChI is InChI=1S/AsF6.ClHO4.2Li/c2-1(3,4,5,6)7;2-1(3,4)5;;/h;(H,2,3,4,5);;/q-1;;2*+1/p-1. The van der Waals surface area contributed by atoms with Crippen LogP contribution in [-0.2, 0) is 0 Å². The summed E-state index contributed by atoms with van der Waals surface area (Å²) in [4.78, 5) is 0. The van der Waals surface area contributed by atoms with E-state index in [1.807, 2.05) is 0 Å². The third kappa shape index (κ3) is 977. The summed E-state index contributed by atoms with van der Waals surface area (Å²) in [6.07, 6.45) is 0. The molecule has 0 aliphatic carbocycles. The summed E-state index contributed by atoms with van der Waals surface area (Å²) >= 11 is -11.1. The van der Waals surface area contributed by atoms with Crippen LogP contribution in [0.5, 0.6) is 0 Å². The van der Waals surface area contributed by atoms with E-state index in [4.69, 9.17) is 18.6 Å². The zero-order valence-corrected chi connectivity index (χ0v) is 9.36. The Morgan fingerprint density at radius 1 is 0.643 bits per heavy atom. The Hall–Kier alpha value is 1.46. The average Bonchev–Trinajstić information content (AvgIpc) is 1.04. The first-order valence-corrected chi connectivity index (χ1v) is 7.12. The van der Waals surface area contributed by atoms with Crippen molar-refractivity contribution in [3.8, 4) is 0 Å². The summed E-state index contributed by atoms with van der Waals surface area (Å²) < 4.78 is 93.4. The SMILES string of the molecule is F[As-](F)(F)(F)(F)F.[Li+].[Li+].[O-][Cl+3]([O-])([O-])[O-]. The van der Waals surface area contributed by atoms with Gasteiger partial charge in [-0.3, -0.25) is 0 Å². The molecule has 0 saturated carbocycles. The summed E-state index contributed by atoms with van der Waals surface area (Å²) in [7, 11) is -4.94. The fraction of sp³-hybridized carbons (Fsp3) is 0. The Morgan fingerprint density at radius 2 is 0.643 bits per heavy atom. The quantitative estimate of drug-likeness (QED) is 0.328. The van der Waals surface area contributed by atoms with E-state index in [1.165, 1.54) is 0 Å². The first-order valence-electron chi connectivity index (χ1n) is 1.63. The fourth-order valence-electron chi connectivity index (χ4n) is 0. The van der Waals surface area contributed by atoms with E-state index >= 15 is 0 Å². The number of hydrogen-bond donors (Lipinski definition) is 0. The van der Waals surface area contributed by atoms with Gasteiger partial charge >= 0.3 is 72.7 Å². The zero-order chi connectivity index (χ0) is 10.9. The fourth-order valence-corrected chi connectivity index (χ4v) is 0. The van der Waals surface area contributed by atoms with Gasteiger partial charge in [-0.15, -0.1) is 10.2 Å². The van der Waals surface area contributed by atoms with Crippen molar-refractivity contribution in [1.29, 1.82) is 0 Å². The van der Waals surface area contributed by atoms with Crippen molar-refractivity contribution in [2.75, 3.05) is 0 Å². The second kappa shape index (κ2) is 5.20. The van der Waals surface area contributed by atoms with E-state index in [0.717, 1.165) is 0 Å². The van der Waals surface area contributed by atoms with Crippen LogP contribution in [0.1, 0.15) is 0 Å². The average molecular weight is 302 g/mol. The molecule has 0 amide bonds. The topological polar surface area (TPSA) is 92.2 Å². The van der Waals surface area contributed by atoms with Crippen LogP contribution in [0.25, 0.3) is 0 Å². The maximum absolute atomic E-state index is 11.1. The van der Waals surface area contributed by atoms with Crippen molar-refractivity contribution in [2.45, 2.75) is 0 Å². The van der Waals surface area contributed by atoms with Crippen molar-refractivity contribution >= 4 is 14.2 Å². The minimum atomic E-state index is -11.1. The number of rotatable bonds is 0. The summed E-state index contributed by atoms with van der Waals surface area (Å²) in [5.41, 5.74) is 0. The van der Waals surface area contributed by atoms with Crippen molar-refractivity contribution in [3.05, 3.63) is 0 Å². The van der Waals surface area contributed by atoms with Gasteiger partial charge in [0.25, 0.3) is 0 Å². The van der Waals surface area contributed by atoms with Gasteiger partial charge in [0.15, 0.2) is 0 Å². The molecule has 0 atom stereocenters. The molecule has 4 nitrogen and oxygen atoms in total. The molecule has 0 saturated heterocycles. The molecule has 14 heteroatoms. The van der Waals surface area contributed by atoms with E-state index in [0.29, 0.717) is 0 Å². The first-order chi connectivity index (χ1) is 4.45. The molecule has 0 heterocycles. The predicted molar refractivity (Wildman–Crippen MR) is 12.4 cm³/mol. The molecule has 0 rings (SSSR count). The van der Waals surface area contributed by atoms with Gasteiger partial charge in [-0.05, 0) is 0 Å². The Bertz CT molecular complexity index is 138. The van der Waals surface area contributed by atoms with Crippen molar-refractivity contribution in [3.63, 3.8) is 0 Å². The zero-order valence-electron chi connectivity index (χ0n) is 6.73. The molecule has 0 fully saturated rings. The molecule has 0 spiro atoms. The van der Waals surface area contributed by atoms with E-state index < -0.39 is 24.4 Å². The molecule has 80 valence electrons. The van der Waals surface area contributed by atoms with E-state index in [9.17, 15) is 20.8 Å². The summed E-state index contributed by atoms with van der Waals surface area (Å²) in [6, 6.07) is 0. The molecule has 0 aromatic heterocycles. The predicted octanol–water partition coefficient (Wildman–Crippen LogP) is -8.61. The van der Waals surface area contributed by atoms with Crippen molar-refractivity contribution in [2.24, 2.45) is 0 Å². The van der Waals surface area contributed by atoms with Gasteiger partial charge in [0.1, 0.15) is 0 Å². The molecular formula is AsClF6Li2O4. The summed E-state index contributed by atoms with van der Waals surface area (Å²) in [6.45, 7) is 0. The van der Waals surface area contributed by atoms with Crippen LogP contribution in [0.15, 0.2) is 0 Å². The van der Waals surface area contributed by atoms with Crippen LogP contribution in [0.3, 0.4) is 0 Å². The second-order valence-corrected chi connectivity index (χ2v) is 6.11. The number of hydrogen-bond acceptors (Lipinski definition) is 4. The van der Waals surface area contributed by atoms with Gasteiger partial charge in [-0.2, -0.15) is 0 Å². The van der Waals surface area contributed by atoms with E-state index in [2.05, 4.69) is 0 Å². The van der Waals surface area contributed by atoms with Crippen molar-refractivity contribution < 1.29 is 87.4 Å². The molecule has 0 radical (unpaired) electrons. The minimum absolute atomic E-state index is 0. The molecule has 0 bridgehead atoms. The van der Waals surface area contributed by atoms with Gasteiger partial charge in [-0.25, -0.2) is 18.6 Å². The number of halogens is 7. The Balaban J connectivity index is -0.0000000651. The van der Waals surface area contributed by atoms with Crippen LogP contribution in [-0.4, -0.2) is 14.2 Å². The molecule has 0 unspecified atom stereocenters. The maximum atomic E-state index is 9.91. The normalized spacial score (nSPS) is 15.9. The summed E-state index contributed by atoms with van der Waals surface area (Å²) in [5.74, 6) is 0. The van der Waals surface area contributed by atoms with Crippen molar-refractivity contribution in [1.82, 2.24) is 0 Å². The first kappa shape index (κ1) is 24.6. The van der Waals surface area contributed by atoms with Crippen LogP contribution in [0, 0.1) is 10.2 Å². The van der Waals surface area contributed by atoms with Gasteiger partial charge in [0.2, 0.25) is 0 Å². The maximum Gasteiger partial charge on any atom is 1.00 e. The Labute approximate surface area is 101 Å². The van der Waals surface area contributed by atoms with Crippen LogP contribution < -0.4 is 56.4 Å². The van der Waals surface area contributed by atoms with E-state index in [1.54, 1.807) is 0 Å². The van der Waals surface area contributed by atoms with Crippen LogP contribution in [0.4, 0.5) is 20.8 Å².